The highest BCUT2D eigenvalue weighted by Gasteiger charge is 2.28. The van der Waals surface area contributed by atoms with Gasteiger partial charge in [0.15, 0.2) is 0 Å². The maximum absolute atomic E-state index is 12.4. The van der Waals surface area contributed by atoms with Crippen molar-refractivity contribution < 1.29 is 14.6 Å². The van der Waals surface area contributed by atoms with Crippen LogP contribution in [0.2, 0.25) is 5.02 Å². The lowest BCUT2D eigenvalue weighted by Crippen LogP contribution is -2.50. The summed E-state index contributed by atoms with van der Waals surface area (Å²) in [6.45, 7) is 4.65. The van der Waals surface area contributed by atoms with Gasteiger partial charge in [0.25, 0.3) is 5.91 Å². The Hall–Kier alpha value is -1.10. The van der Waals surface area contributed by atoms with Crippen molar-refractivity contribution in [1.29, 1.82) is 0 Å². The van der Waals surface area contributed by atoms with Gasteiger partial charge in [0.05, 0.1) is 18.8 Å². The molecule has 0 spiro atoms. The molecule has 2 atom stereocenters. The van der Waals surface area contributed by atoms with Crippen LogP contribution in [0.15, 0.2) is 18.2 Å². The van der Waals surface area contributed by atoms with Gasteiger partial charge in [-0.1, -0.05) is 11.6 Å². The lowest BCUT2D eigenvalue weighted by molar-refractivity contribution is -0.0858. The van der Waals surface area contributed by atoms with E-state index in [2.05, 4.69) is 0 Å². The van der Waals surface area contributed by atoms with E-state index in [1.165, 1.54) is 0 Å². The Kier molecular flexibility index (Phi) is 4.45. The Morgan fingerprint density at radius 1 is 1.47 bits per heavy atom. The third-order valence-corrected chi connectivity index (χ3v) is 3.32. The average molecular weight is 284 g/mol. The second kappa shape index (κ2) is 5.90. The molecular weight excluding hydrogens is 266 g/mol. The van der Waals surface area contributed by atoms with E-state index >= 15 is 0 Å². The minimum Gasteiger partial charge on any atom is -0.394 e. The molecule has 0 radical (unpaired) electrons. The van der Waals surface area contributed by atoms with Crippen molar-refractivity contribution in [2.45, 2.75) is 26.1 Å². The zero-order valence-electron chi connectivity index (χ0n) is 11.1. The fraction of sp³-hybridized carbons (Fsp3) is 0.500. The predicted molar refractivity (Wildman–Crippen MR) is 73.5 cm³/mol. The molecule has 2 unspecified atom stereocenters. The highest BCUT2D eigenvalue weighted by Crippen LogP contribution is 2.19. The molecular formula is C14H18ClNO3. The van der Waals surface area contributed by atoms with Crippen molar-refractivity contribution in [3.63, 3.8) is 0 Å². The molecule has 19 heavy (non-hydrogen) atoms. The van der Waals surface area contributed by atoms with E-state index in [0.717, 1.165) is 5.56 Å². The Morgan fingerprint density at radius 2 is 2.21 bits per heavy atom. The van der Waals surface area contributed by atoms with Crippen molar-refractivity contribution in [3.05, 3.63) is 34.3 Å². The number of aliphatic hydroxyl groups is 1. The zero-order chi connectivity index (χ0) is 14.0. The number of amides is 1. The van der Waals surface area contributed by atoms with Gasteiger partial charge in [0.1, 0.15) is 0 Å². The Morgan fingerprint density at radius 3 is 2.84 bits per heavy atom. The number of aliphatic hydroxyl groups excluding tert-OH is 1. The fourth-order valence-corrected chi connectivity index (χ4v) is 2.64. The molecule has 1 saturated heterocycles. The number of carbonyl (C=O) groups excluding carboxylic acids is 1. The summed E-state index contributed by atoms with van der Waals surface area (Å²) in [6, 6.07) is 5.31. The summed E-state index contributed by atoms with van der Waals surface area (Å²) in [5.41, 5.74) is 1.53. The van der Waals surface area contributed by atoms with E-state index in [-0.39, 0.29) is 24.7 Å². The van der Waals surface area contributed by atoms with Crippen LogP contribution in [0, 0.1) is 6.92 Å². The van der Waals surface area contributed by atoms with Crippen LogP contribution < -0.4 is 0 Å². The van der Waals surface area contributed by atoms with Crippen LogP contribution >= 0.6 is 11.6 Å². The van der Waals surface area contributed by atoms with Crippen molar-refractivity contribution in [1.82, 2.24) is 4.90 Å². The topological polar surface area (TPSA) is 49.8 Å². The van der Waals surface area contributed by atoms with Crippen LogP contribution in [0.3, 0.4) is 0 Å². The number of benzene rings is 1. The van der Waals surface area contributed by atoms with E-state index < -0.39 is 0 Å². The number of aryl methyl sites for hydroxylation is 1. The summed E-state index contributed by atoms with van der Waals surface area (Å²) in [6.07, 6.45) is -0.386. The normalized spacial score (nSPS) is 23.5. The molecule has 2 rings (SSSR count). The number of morpholine rings is 1. The van der Waals surface area contributed by atoms with Gasteiger partial charge in [0, 0.05) is 23.7 Å². The van der Waals surface area contributed by atoms with E-state index in [4.69, 9.17) is 16.3 Å². The number of ether oxygens (including phenoxy) is 1. The van der Waals surface area contributed by atoms with Crippen molar-refractivity contribution in [3.8, 4) is 0 Å². The molecule has 0 aromatic heterocycles. The number of hydrogen-bond donors (Lipinski definition) is 1. The molecule has 4 nitrogen and oxygen atoms in total. The van der Waals surface area contributed by atoms with Crippen molar-refractivity contribution in [2.24, 2.45) is 0 Å². The first-order chi connectivity index (χ1) is 8.99. The minimum absolute atomic E-state index is 0.0702. The average Bonchev–Trinajstić information content (AvgIpc) is 2.35. The van der Waals surface area contributed by atoms with E-state index in [0.29, 0.717) is 23.7 Å². The van der Waals surface area contributed by atoms with Gasteiger partial charge in [0.2, 0.25) is 0 Å². The first-order valence-corrected chi connectivity index (χ1v) is 6.70. The monoisotopic (exact) mass is 283 g/mol. The standard InChI is InChI=1S/C14H18ClNO3/c1-9-3-11(5-12(15)4-9)14(18)16-6-10(2)19-13(7-16)8-17/h3-5,10,13,17H,6-8H2,1-2H3. The zero-order valence-corrected chi connectivity index (χ0v) is 11.9. The molecule has 1 aromatic rings. The van der Waals surface area contributed by atoms with E-state index in [1.54, 1.807) is 11.0 Å². The molecule has 1 aromatic carbocycles. The minimum atomic E-state index is -0.312. The second-order valence-electron chi connectivity index (χ2n) is 4.98. The number of halogens is 1. The van der Waals surface area contributed by atoms with Gasteiger partial charge in [-0.2, -0.15) is 0 Å². The molecule has 1 aliphatic rings. The fourth-order valence-electron chi connectivity index (χ4n) is 2.35. The maximum Gasteiger partial charge on any atom is 0.254 e. The second-order valence-corrected chi connectivity index (χ2v) is 5.42. The third kappa shape index (κ3) is 3.47. The molecule has 5 heteroatoms. The summed E-state index contributed by atoms with van der Waals surface area (Å²) >= 11 is 5.98. The van der Waals surface area contributed by atoms with Crippen LogP contribution in [-0.4, -0.2) is 47.8 Å². The highest BCUT2D eigenvalue weighted by atomic mass is 35.5. The van der Waals surface area contributed by atoms with Gasteiger partial charge in [-0.25, -0.2) is 0 Å². The largest absolute Gasteiger partial charge is 0.394 e. The number of carbonyl (C=O) groups is 1. The van der Waals surface area contributed by atoms with Gasteiger partial charge in [-0.15, -0.1) is 0 Å². The molecule has 1 amide bonds. The first kappa shape index (κ1) is 14.3. The molecule has 1 heterocycles. The quantitative estimate of drug-likeness (QED) is 0.901. The molecule has 1 aliphatic heterocycles. The van der Waals surface area contributed by atoms with Gasteiger partial charge in [-0.3, -0.25) is 4.79 Å². The van der Waals surface area contributed by atoms with Crippen LogP contribution in [0.4, 0.5) is 0 Å². The lowest BCUT2D eigenvalue weighted by Gasteiger charge is -2.36. The van der Waals surface area contributed by atoms with E-state index in [1.807, 2.05) is 26.0 Å². The number of rotatable bonds is 2. The van der Waals surface area contributed by atoms with Gasteiger partial charge >= 0.3 is 0 Å². The van der Waals surface area contributed by atoms with Gasteiger partial charge < -0.3 is 14.7 Å². The van der Waals surface area contributed by atoms with Crippen LogP contribution in [0.5, 0.6) is 0 Å². The Labute approximate surface area is 117 Å². The summed E-state index contributed by atoms with van der Waals surface area (Å²) in [5.74, 6) is -0.0702. The molecule has 1 fully saturated rings. The predicted octanol–water partition coefficient (Wildman–Crippen LogP) is 1.87. The third-order valence-electron chi connectivity index (χ3n) is 3.11. The molecule has 0 saturated carbocycles. The molecule has 104 valence electrons. The summed E-state index contributed by atoms with van der Waals surface area (Å²) in [5, 5.41) is 9.74. The van der Waals surface area contributed by atoms with E-state index in [9.17, 15) is 9.90 Å². The maximum atomic E-state index is 12.4. The summed E-state index contributed by atoms with van der Waals surface area (Å²) in [4.78, 5) is 14.1. The molecule has 0 aliphatic carbocycles. The lowest BCUT2D eigenvalue weighted by atomic mass is 10.1. The highest BCUT2D eigenvalue weighted by molar-refractivity contribution is 6.31. The Bertz CT molecular complexity index is 458. The summed E-state index contributed by atoms with van der Waals surface area (Å²) < 4.78 is 5.53. The molecule has 1 N–H and O–H groups in total. The number of hydrogen-bond acceptors (Lipinski definition) is 3. The Balaban J connectivity index is 2.18. The smallest absolute Gasteiger partial charge is 0.254 e. The van der Waals surface area contributed by atoms with Crippen molar-refractivity contribution >= 4 is 17.5 Å². The van der Waals surface area contributed by atoms with Crippen LogP contribution in [0.1, 0.15) is 22.8 Å². The van der Waals surface area contributed by atoms with Crippen LogP contribution in [0.25, 0.3) is 0 Å². The first-order valence-electron chi connectivity index (χ1n) is 6.32. The number of nitrogens with zero attached hydrogens (tertiary/aromatic N) is 1. The van der Waals surface area contributed by atoms with Crippen LogP contribution in [-0.2, 0) is 4.74 Å². The van der Waals surface area contributed by atoms with Crippen molar-refractivity contribution in [2.75, 3.05) is 19.7 Å². The molecule has 0 bridgehead atoms. The van der Waals surface area contributed by atoms with Gasteiger partial charge in [-0.05, 0) is 37.6 Å². The SMILES string of the molecule is Cc1cc(Cl)cc(C(=O)N2CC(C)OC(CO)C2)c1. The summed E-state index contributed by atoms with van der Waals surface area (Å²) in [7, 11) is 0.